The molecule has 0 aliphatic rings. The standard InChI is InChI=1S/C24H25N5O3/c1-4-5-7-12-28-22(26-20(30)11-6-8-14-32-3)18(16-25)15-19-23(28)27-21-17(2)10-9-13-29(21)24(19)31/h6,8-11,13-15H,4-5,7,12H2,1-3H3/b11-6+,14-8-,26-22?. The average Bonchev–Trinajstić information content (AvgIpc) is 2.79. The van der Waals surface area contributed by atoms with Gasteiger partial charge in [0.2, 0.25) is 0 Å². The van der Waals surface area contributed by atoms with Crippen LogP contribution in [0.4, 0.5) is 0 Å². The molecule has 32 heavy (non-hydrogen) atoms. The molecule has 0 radical (unpaired) electrons. The van der Waals surface area contributed by atoms with E-state index in [0.717, 1.165) is 24.8 Å². The Bertz CT molecular complexity index is 1390. The number of pyridine rings is 2. The van der Waals surface area contributed by atoms with Gasteiger partial charge in [-0.1, -0.05) is 31.9 Å². The molecular formula is C24H25N5O3. The first-order chi connectivity index (χ1) is 15.5. The Labute approximate surface area is 185 Å². The number of carbonyl (C=O) groups is 1. The molecule has 0 N–H and O–H groups in total. The molecule has 0 aliphatic carbocycles. The van der Waals surface area contributed by atoms with Crippen molar-refractivity contribution in [3.8, 4) is 6.07 Å². The molecule has 0 fully saturated rings. The van der Waals surface area contributed by atoms with E-state index in [2.05, 4.69) is 18.0 Å². The molecule has 1 amide bonds. The summed E-state index contributed by atoms with van der Waals surface area (Å²) in [5.74, 6) is -0.528. The lowest BCUT2D eigenvalue weighted by atomic mass is 10.2. The number of aryl methyl sites for hydroxylation is 2. The maximum Gasteiger partial charge on any atom is 0.271 e. The van der Waals surface area contributed by atoms with E-state index in [4.69, 9.17) is 9.72 Å². The number of methoxy groups -OCH3 is 1. The van der Waals surface area contributed by atoms with Crippen molar-refractivity contribution in [1.29, 1.82) is 5.26 Å². The molecule has 8 heteroatoms. The summed E-state index contributed by atoms with van der Waals surface area (Å²) in [5.41, 5.74) is 1.87. The number of unbranched alkanes of at least 4 members (excludes halogenated alkanes) is 2. The summed E-state index contributed by atoms with van der Waals surface area (Å²) in [7, 11) is 1.50. The Hall–Kier alpha value is -3.99. The highest BCUT2D eigenvalue weighted by Gasteiger charge is 2.15. The first kappa shape index (κ1) is 22.7. The van der Waals surface area contributed by atoms with Crippen molar-refractivity contribution in [3.05, 3.63) is 75.9 Å². The van der Waals surface area contributed by atoms with Crippen molar-refractivity contribution in [2.24, 2.45) is 4.99 Å². The van der Waals surface area contributed by atoms with Gasteiger partial charge < -0.3 is 9.30 Å². The quantitative estimate of drug-likeness (QED) is 0.188. The number of carbonyl (C=O) groups excluding carboxylic acids is 1. The van der Waals surface area contributed by atoms with E-state index in [-0.39, 0.29) is 16.6 Å². The maximum absolute atomic E-state index is 13.2. The third-order valence-electron chi connectivity index (χ3n) is 4.99. The predicted molar refractivity (Wildman–Crippen MR) is 122 cm³/mol. The Morgan fingerprint density at radius 3 is 2.84 bits per heavy atom. The number of fused-ring (bicyclic) bond motifs is 2. The van der Waals surface area contributed by atoms with Crippen LogP contribution in [0.5, 0.6) is 0 Å². The van der Waals surface area contributed by atoms with Crippen LogP contribution in [0.25, 0.3) is 16.7 Å². The van der Waals surface area contributed by atoms with Gasteiger partial charge in [-0.15, -0.1) is 0 Å². The summed E-state index contributed by atoms with van der Waals surface area (Å²) in [6, 6.07) is 7.22. The van der Waals surface area contributed by atoms with Crippen molar-refractivity contribution in [2.75, 3.05) is 7.11 Å². The van der Waals surface area contributed by atoms with Crippen LogP contribution in [0.3, 0.4) is 0 Å². The molecule has 0 bridgehead atoms. The van der Waals surface area contributed by atoms with Crippen molar-refractivity contribution < 1.29 is 9.53 Å². The number of hydrogen-bond acceptors (Lipinski definition) is 5. The van der Waals surface area contributed by atoms with Gasteiger partial charge in [0.15, 0.2) is 5.49 Å². The molecule has 0 saturated carbocycles. The van der Waals surface area contributed by atoms with Gasteiger partial charge >= 0.3 is 0 Å². The number of ether oxygens (including phenoxy) is 1. The van der Waals surface area contributed by atoms with E-state index in [1.54, 1.807) is 22.9 Å². The van der Waals surface area contributed by atoms with Gasteiger partial charge in [-0.05, 0) is 37.1 Å². The van der Waals surface area contributed by atoms with E-state index in [9.17, 15) is 14.9 Å². The number of nitriles is 1. The second-order valence-electron chi connectivity index (χ2n) is 7.26. The highest BCUT2D eigenvalue weighted by molar-refractivity contribution is 5.89. The van der Waals surface area contributed by atoms with Crippen LogP contribution in [0.1, 0.15) is 37.3 Å². The van der Waals surface area contributed by atoms with Crippen molar-refractivity contribution >= 4 is 22.6 Å². The summed E-state index contributed by atoms with van der Waals surface area (Å²) in [6.07, 6.45) is 10.2. The fourth-order valence-electron chi connectivity index (χ4n) is 3.43. The minimum absolute atomic E-state index is 0.148. The van der Waals surface area contributed by atoms with Crippen LogP contribution in [0.2, 0.25) is 0 Å². The number of amides is 1. The van der Waals surface area contributed by atoms with E-state index >= 15 is 0 Å². The van der Waals surface area contributed by atoms with Gasteiger partial charge in [0, 0.05) is 18.8 Å². The molecule has 3 rings (SSSR count). The smallest absolute Gasteiger partial charge is 0.271 e. The molecule has 3 aromatic heterocycles. The molecule has 0 aliphatic heterocycles. The van der Waals surface area contributed by atoms with Crippen LogP contribution in [-0.2, 0) is 16.1 Å². The van der Waals surface area contributed by atoms with Crippen LogP contribution >= 0.6 is 0 Å². The maximum atomic E-state index is 13.2. The van der Waals surface area contributed by atoms with Gasteiger partial charge in [0.1, 0.15) is 17.4 Å². The highest BCUT2D eigenvalue weighted by atomic mass is 16.5. The first-order valence-electron chi connectivity index (χ1n) is 10.4. The van der Waals surface area contributed by atoms with E-state index in [1.807, 2.05) is 13.0 Å². The largest absolute Gasteiger partial charge is 0.504 e. The zero-order chi connectivity index (χ0) is 23.1. The molecule has 3 aromatic rings. The fraction of sp³-hybridized carbons (Fsp3) is 0.292. The molecule has 164 valence electrons. The van der Waals surface area contributed by atoms with Crippen molar-refractivity contribution in [2.45, 2.75) is 39.7 Å². The number of hydrogen-bond donors (Lipinski definition) is 0. The average molecular weight is 431 g/mol. The second-order valence-corrected chi connectivity index (χ2v) is 7.26. The molecular weight excluding hydrogens is 406 g/mol. The Balaban J connectivity index is 2.35. The first-order valence-corrected chi connectivity index (χ1v) is 10.4. The van der Waals surface area contributed by atoms with Gasteiger partial charge in [0.25, 0.3) is 11.5 Å². The summed E-state index contributed by atoms with van der Waals surface area (Å²) in [5, 5.41) is 10.1. The van der Waals surface area contributed by atoms with Gasteiger partial charge in [0.05, 0.1) is 24.3 Å². The molecule has 0 unspecified atom stereocenters. The van der Waals surface area contributed by atoms with Crippen LogP contribution in [0.15, 0.2) is 58.7 Å². The minimum atomic E-state index is -0.528. The normalized spacial score (nSPS) is 12.2. The fourth-order valence-corrected chi connectivity index (χ4v) is 3.43. The molecule has 0 aromatic carbocycles. The van der Waals surface area contributed by atoms with Crippen LogP contribution < -0.4 is 11.0 Å². The molecule has 0 spiro atoms. The lowest BCUT2D eigenvalue weighted by molar-refractivity contribution is -0.113. The topological polar surface area (TPSA) is 102 Å². The van der Waals surface area contributed by atoms with Crippen molar-refractivity contribution in [3.63, 3.8) is 0 Å². The number of aromatic nitrogens is 3. The minimum Gasteiger partial charge on any atom is -0.504 e. The molecule has 3 heterocycles. The summed E-state index contributed by atoms with van der Waals surface area (Å²) in [4.78, 5) is 34.6. The number of nitrogens with zero attached hydrogens (tertiary/aromatic N) is 5. The SMILES string of the molecule is CCCCCn1c(=NC(=O)/C=C/C=C\OC)c(C#N)cc2c(=O)n3cccc(C)c3nc21. The Morgan fingerprint density at radius 2 is 2.12 bits per heavy atom. The Kier molecular flexibility index (Phi) is 7.34. The van der Waals surface area contributed by atoms with E-state index in [0.29, 0.717) is 23.2 Å². The lowest BCUT2D eigenvalue weighted by Crippen LogP contribution is -2.29. The van der Waals surface area contributed by atoms with Gasteiger partial charge in [-0.2, -0.15) is 10.3 Å². The van der Waals surface area contributed by atoms with E-state index in [1.165, 1.54) is 36.0 Å². The predicted octanol–water partition coefficient (Wildman–Crippen LogP) is 3.16. The zero-order valence-corrected chi connectivity index (χ0v) is 18.4. The van der Waals surface area contributed by atoms with Crippen LogP contribution in [0, 0.1) is 18.3 Å². The highest BCUT2D eigenvalue weighted by Crippen LogP contribution is 2.13. The third kappa shape index (κ3) is 4.67. The summed E-state index contributed by atoms with van der Waals surface area (Å²) < 4.78 is 7.99. The van der Waals surface area contributed by atoms with Gasteiger partial charge in [-0.3, -0.25) is 14.0 Å². The Morgan fingerprint density at radius 1 is 1.31 bits per heavy atom. The van der Waals surface area contributed by atoms with Gasteiger partial charge in [-0.25, -0.2) is 4.98 Å². The third-order valence-corrected chi connectivity index (χ3v) is 4.99. The number of rotatable bonds is 7. The lowest BCUT2D eigenvalue weighted by Gasteiger charge is -2.14. The molecule has 0 atom stereocenters. The molecule has 0 saturated heterocycles. The summed E-state index contributed by atoms with van der Waals surface area (Å²) in [6.45, 7) is 4.45. The summed E-state index contributed by atoms with van der Waals surface area (Å²) >= 11 is 0. The van der Waals surface area contributed by atoms with Crippen molar-refractivity contribution in [1.82, 2.24) is 14.0 Å². The van der Waals surface area contributed by atoms with Crippen LogP contribution in [-0.4, -0.2) is 27.0 Å². The molecule has 8 nitrogen and oxygen atoms in total. The van der Waals surface area contributed by atoms with E-state index < -0.39 is 5.91 Å². The zero-order valence-electron chi connectivity index (χ0n) is 18.4. The monoisotopic (exact) mass is 431 g/mol. The number of allylic oxidation sites excluding steroid dienone is 2. The second kappa shape index (κ2) is 10.4.